The number of benzene rings is 1. The van der Waals surface area contributed by atoms with Crippen LogP contribution in [-0.4, -0.2) is 65.1 Å². The lowest BCUT2D eigenvalue weighted by atomic mass is 10.1. The number of nitrogens with zero attached hydrogens (tertiary/aromatic N) is 4. The molecule has 40 heavy (non-hydrogen) atoms. The summed E-state index contributed by atoms with van der Waals surface area (Å²) in [5, 5.41) is 17.0. The molecule has 14 heteroatoms. The van der Waals surface area contributed by atoms with Gasteiger partial charge in [0, 0.05) is 48.5 Å². The SMILES string of the molecule is CC(OCn1nccc1-c1cc(C(=O)Nc2ccc(OC(F)(F)F)c(F)c2)cnc1N1CCC(O)C1)[Si](C)(C)C. The van der Waals surface area contributed by atoms with Gasteiger partial charge in [-0.25, -0.2) is 14.1 Å². The van der Waals surface area contributed by atoms with E-state index in [0.717, 1.165) is 18.2 Å². The molecule has 3 aromatic rings. The van der Waals surface area contributed by atoms with E-state index in [2.05, 4.69) is 39.8 Å². The smallest absolute Gasteiger partial charge is 0.403 e. The molecular formula is C26H31F4N5O4Si. The minimum atomic E-state index is -5.05. The van der Waals surface area contributed by atoms with Crippen molar-refractivity contribution in [3.05, 3.63) is 54.1 Å². The van der Waals surface area contributed by atoms with Crippen LogP contribution in [0, 0.1) is 5.82 Å². The lowest BCUT2D eigenvalue weighted by Crippen LogP contribution is -2.38. The number of halogens is 4. The molecule has 1 aliphatic heterocycles. The highest BCUT2D eigenvalue weighted by Crippen LogP contribution is 2.33. The molecule has 4 rings (SSSR count). The first-order valence-corrected chi connectivity index (χ1v) is 16.2. The lowest BCUT2D eigenvalue weighted by Gasteiger charge is -2.26. The average molecular weight is 582 g/mol. The van der Waals surface area contributed by atoms with Crippen LogP contribution in [0.25, 0.3) is 11.3 Å². The summed E-state index contributed by atoms with van der Waals surface area (Å²) in [5.74, 6) is -2.40. The van der Waals surface area contributed by atoms with Gasteiger partial charge in [-0.3, -0.25) is 4.79 Å². The maximum Gasteiger partial charge on any atom is 0.573 e. The Bertz CT molecular complexity index is 1360. The van der Waals surface area contributed by atoms with Gasteiger partial charge in [0.15, 0.2) is 11.6 Å². The van der Waals surface area contributed by atoms with Crippen LogP contribution in [0.3, 0.4) is 0 Å². The Morgan fingerprint density at radius 1 is 1.25 bits per heavy atom. The molecule has 0 spiro atoms. The minimum absolute atomic E-state index is 0.0568. The largest absolute Gasteiger partial charge is 0.573 e. The molecule has 1 saturated heterocycles. The van der Waals surface area contributed by atoms with Crippen LogP contribution < -0.4 is 15.0 Å². The number of aromatic nitrogens is 3. The molecule has 0 aliphatic carbocycles. The molecule has 0 saturated carbocycles. The fraction of sp³-hybridized carbons (Fsp3) is 0.423. The first kappa shape index (κ1) is 29.5. The molecule has 1 amide bonds. The molecule has 3 heterocycles. The van der Waals surface area contributed by atoms with Crippen molar-refractivity contribution in [1.82, 2.24) is 14.8 Å². The molecule has 216 valence electrons. The zero-order valence-electron chi connectivity index (χ0n) is 22.5. The first-order chi connectivity index (χ1) is 18.7. The van der Waals surface area contributed by atoms with Crippen LogP contribution >= 0.6 is 0 Å². The number of alkyl halides is 3. The number of nitrogens with one attached hydrogen (secondary N) is 1. The number of amides is 1. The highest BCUT2D eigenvalue weighted by Gasteiger charge is 2.32. The molecule has 2 unspecified atom stereocenters. The molecule has 1 aromatic carbocycles. The second-order valence-corrected chi connectivity index (χ2v) is 16.2. The number of hydrogen-bond donors (Lipinski definition) is 2. The van der Waals surface area contributed by atoms with Crippen LogP contribution in [0.1, 0.15) is 23.7 Å². The molecule has 1 fully saturated rings. The van der Waals surface area contributed by atoms with Crippen LogP contribution in [0.5, 0.6) is 5.75 Å². The highest BCUT2D eigenvalue weighted by atomic mass is 28.3. The molecule has 0 bridgehead atoms. The number of β-amino-alcohol motifs (C(OH)–C–C–N with tert-alkyl or cyclic N) is 1. The Kier molecular flexibility index (Phi) is 8.51. The van der Waals surface area contributed by atoms with Gasteiger partial charge in [-0.05, 0) is 37.6 Å². The molecule has 1 aliphatic rings. The Hall–Kier alpha value is -3.49. The summed E-state index contributed by atoms with van der Waals surface area (Å²) < 4.78 is 62.9. The number of anilines is 2. The summed E-state index contributed by atoms with van der Waals surface area (Å²) in [6.07, 6.45) is -2.03. The van der Waals surface area contributed by atoms with E-state index < -0.39 is 38.0 Å². The zero-order valence-corrected chi connectivity index (χ0v) is 23.5. The van der Waals surface area contributed by atoms with Gasteiger partial charge >= 0.3 is 6.36 Å². The predicted octanol–water partition coefficient (Wildman–Crippen LogP) is 5.05. The fourth-order valence-electron chi connectivity index (χ4n) is 4.04. The number of rotatable bonds is 9. The number of carbonyl (C=O) groups is 1. The van der Waals surface area contributed by atoms with Crippen molar-refractivity contribution in [3.63, 3.8) is 0 Å². The van der Waals surface area contributed by atoms with E-state index in [0.29, 0.717) is 36.6 Å². The first-order valence-electron chi connectivity index (χ1n) is 12.6. The number of pyridine rings is 1. The van der Waals surface area contributed by atoms with Crippen LogP contribution in [0.15, 0.2) is 42.7 Å². The normalized spacial score (nSPS) is 16.7. The second kappa shape index (κ2) is 11.5. The van der Waals surface area contributed by atoms with E-state index in [-0.39, 0.29) is 23.7 Å². The Morgan fingerprint density at radius 2 is 2.00 bits per heavy atom. The van der Waals surface area contributed by atoms with Crippen molar-refractivity contribution in [1.29, 1.82) is 0 Å². The third-order valence-electron chi connectivity index (χ3n) is 6.67. The minimum Gasteiger partial charge on any atom is -0.403 e. The molecular weight excluding hydrogens is 550 g/mol. The van der Waals surface area contributed by atoms with Crippen molar-refractivity contribution in [3.8, 4) is 17.0 Å². The summed E-state index contributed by atoms with van der Waals surface area (Å²) in [6, 6.07) is 5.99. The van der Waals surface area contributed by atoms with E-state index in [4.69, 9.17) is 4.74 Å². The van der Waals surface area contributed by atoms with Gasteiger partial charge in [-0.1, -0.05) is 19.6 Å². The van der Waals surface area contributed by atoms with Crippen molar-refractivity contribution in [2.45, 2.75) is 57.9 Å². The van der Waals surface area contributed by atoms with Crippen molar-refractivity contribution < 1.29 is 36.9 Å². The van der Waals surface area contributed by atoms with Crippen LogP contribution in [0.4, 0.5) is 29.1 Å². The summed E-state index contributed by atoms with van der Waals surface area (Å²) in [4.78, 5) is 19.5. The van der Waals surface area contributed by atoms with Gasteiger partial charge in [0.2, 0.25) is 0 Å². The van der Waals surface area contributed by atoms with Gasteiger partial charge < -0.3 is 24.8 Å². The highest BCUT2D eigenvalue weighted by molar-refractivity contribution is 6.77. The predicted molar refractivity (Wildman–Crippen MR) is 143 cm³/mol. The van der Waals surface area contributed by atoms with Crippen molar-refractivity contribution in [2.75, 3.05) is 23.3 Å². The molecule has 0 radical (unpaired) electrons. The number of ether oxygens (including phenoxy) is 2. The molecule has 2 atom stereocenters. The van der Waals surface area contributed by atoms with Crippen molar-refractivity contribution >= 4 is 25.5 Å². The topological polar surface area (TPSA) is 102 Å². The maximum atomic E-state index is 14.2. The molecule has 2 N–H and O–H groups in total. The molecule has 2 aromatic heterocycles. The van der Waals surface area contributed by atoms with Gasteiger partial charge in [0.1, 0.15) is 12.5 Å². The van der Waals surface area contributed by atoms with Crippen LogP contribution in [0.2, 0.25) is 19.6 Å². The van der Waals surface area contributed by atoms with E-state index in [1.54, 1.807) is 23.0 Å². The lowest BCUT2D eigenvalue weighted by molar-refractivity contribution is -0.275. The zero-order chi connectivity index (χ0) is 29.2. The summed E-state index contributed by atoms with van der Waals surface area (Å²) >= 11 is 0. The summed E-state index contributed by atoms with van der Waals surface area (Å²) in [5.41, 5.74) is 1.33. The third-order valence-corrected chi connectivity index (χ3v) is 9.27. The van der Waals surface area contributed by atoms with E-state index in [1.807, 2.05) is 11.8 Å². The Morgan fingerprint density at radius 3 is 2.62 bits per heavy atom. The standard InChI is InChI=1S/C26H31F4N5O4Si/c1-16(40(2,3)4)38-15-35-22(7-9-32-35)20-11-17(13-31-24(20)34-10-8-19(36)14-34)25(37)33-18-5-6-23(21(27)12-18)39-26(28,29)30/h5-7,9,11-13,16,19,36H,8,10,14-15H2,1-4H3,(H,33,37). The average Bonchev–Trinajstić information content (AvgIpc) is 3.51. The Labute approximate surface area is 229 Å². The van der Waals surface area contributed by atoms with E-state index in [9.17, 15) is 27.5 Å². The monoisotopic (exact) mass is 581 g/mol. The van der Waals surface area contributed by atoms with Gasteiger partial charge in [-0.2, -0.15) is 5.10 Å². The fourth-order valence-corrected chi connectivity index (χ4v) is 4.62. The van der Waals surface area contributed by atoms with Crippen molar-refractivity contribution in [2.24, 2.45) is 0 Å². The van der Waals surface area contributed by atoms with E-state index in [1.165, 1.54) is 6.20 Å². The summed E-state index contributed by atoms with van der Waals surface area (Å²) in [6.45, 7) is 9.75. The van der Waals surface area contributed by atoms with Crippen LogP contribution in [-0.2, 0) is 11.5 Å². The number of carbonyl (C=O) groups excluding carboxylic acids is 1. The maximum absolute atomic E-state index is 14.2. The number of aliphatic hydroxyl groups is 1. The number of aliphatic hydroxyl groups excluding tert-OH is 1. The summed E-state index contributed by atoms with van der Waals surface area (Å²) in [7, 11) is -1.57. The van der Waals surface area contributed by atoms with E-state index >= 15 is 0 Å². The Balaban J connectivity index is 1.62. The van der Waals surface area contributed by atoms with Gasteiger partial charge in [-0.15, -0.1) is 13.2 Å². The number of hydrogen-bond acceptors (Lipinski definition) is 7. The quantitative estimate of drug-likeness (QED) is 0.270. The van der Waals surface area contributed by atoms with Gasteiger partial charge in [0.05, 0.1) is 25.4 Å². The molecule has 9 nitrogen and oxygen atoms in total. The second-order valence-electron chi connectivity index (χ2n) is 10.7. The third kappa shape index (κ3) is 7.17. The van der Waals surface area contributed by atoms with Gasteiger partial charge in [0.25, 0.3) is 5.91 Å².